The minimum absolute atomic E-state index is 0.00168. The number of unbranched alkanes of at least 4 members (excludes halogenated alkanes) is 53. The fourth-order valence-electron chi connectivity index (χ4n) is 11.5. The summed E-state index contributed by atoms with van der Waals surface area (Å²) in [4.78, 5) is 25.7. The highest BCUT2D eigenvalue weighted by molar-refractivity contribution is 7.45. The van der Waals surface area contributed by atoms with Gasteiger partial charge in [-0.15, -0.1) is 0 Å². The second-order valence-corrected chi connectivity index (χ2v) is 28.4. The lowest BCUT2D eigenvalue weighted by molar-refractivity contribution is -0.870. The monoisotopic (exact) mass is 1200 g/mol. The number of carbonyl (C=O) groups is 1. The minimum Gasteiger partial charge on any atom is -0.756 e. The molecule has 9 heteroatoms. The van der Waals surface area contributed by atoms with Crippen LogP contribution in [0.2, 0.25) is 0 Å². The van der Waals surface area contributed by atoms with E-state index in [1.807, 2.05) is 27.2 Å². The summed E-state index contributed by atoms with van der Waals surface area (Å²) in [6.07, 6.45) is 88.6. The lowest BCUT2D eigenvalue weighted by Crippen LogP contribution is -2.45. The number of aliphatic hydroxyl groups is 1. The number of hydrogen-bond donors (Lipinski definition) is 2. The fourth-order valence-corrected chi connectivity index (χ4v) is 12.3. The van der Waals surface area contributed by atoms with Crippen molar-refractivity contribution in [1.29, 1.82) is 0 Å². The molecule has 0 aromatic rings. The second-order valence-electron chi connectivity index (χ2n) is 27.0. The van der Waals surface area contributed by atoms with Gasteiger partial charge < -0.3 is 28.8 Å². The van der Waals surface area contributed by atoms with Crippen LogP contribution in [0.1, 0.15) is 386 Å². The summed E-state index contributed by atoms with van der Waals surface area (Å²) in [6.45, 7) is 4.70. The van der Waals surface area contributed by atoms with Crippen LogP contribution >= 0.6 is 7.82 Å². The topological polar surface area (TPSA) is 108 Å². The maximum absolute atomic E-state index is 13.1. The summed E-state index contributed by atoms with van der Waals surface area (Å²) in [5, 5.41) is 14.0. The summed E-state index contributed by atoms with van der Waals surface area (Å²) in [5.41, 5.74) is 0. The van der Waals surface area contributed by atoms with Gasteiger partial charge in [-0.25, -0.2) is 0 Å². The average Bonchev–Trinajstić information content (AvgIpc) is 3.56. The van der Waals surface area contributed by atoms with Gasteiger partial charge >= 0.3 is 0 Å². The van der Waals surface area contributed by atoms with Gasteiger partial charge in [0.25, 0.3) is 7.82 Å². The fraction of sp³-hybridized carbons (Fsp3) is 0.907. The van der Waals surface area contributed by atoms with Crippen LogP contribution in [0.5, 0.6) is 0 Å². The summed E-state index contributed by atoms with van der Waals surface area (Å²) < 4.78 is 23.5. The van der Waals surface area contributed by atoms with E-state index in [1.165, 1.54) is 321 Å². The molecule has 3 unspecified atom stereocenters. The van der Waals surface area contributed by atoms with Crippen LogP contribution < -0.4 is 10.2 Å². The number of nitrogens with one attached hydrogen (secondary N) is 1. The molecule has 3 atom stereocenters. The summed E-state index contributed by atoms with van der Waals surface area (Å²) >= 11 is 0. The zero-order valence-electron chi connectivity index (χ0n) is 57.1. The Balaban J connectivity index is 3.96. The highest BCUT2D eigenvalue weighted by Gasteiger charge is 2.23. The minimum atomic E-state index is -4.60. The van der Waals surface area contributed by atoms with Crippen molar-refractivity contribution in [2.75, 3.05) is 40.9 Å². The molecule has 0 aliphatic rings. The van der Waals surface area contributed by atoms with E-state index >= 15 is 0 Å². The number of aliphatic hydroxyl groups excluding tert-OH is 1. The van der Waals surface area contributed by atoms with Crippen molar-refractivity contribution in [3.05, 3.63) is 36.5 Å². The zero-order chi connectivity index (χ0) is 61.2. The quantitative estimate of drug-likeness (QED) is 0.0272. The standard InChI is InChI=1S/C75H147N2O6P/c1-6-8-10-12-14-16-18-20-22-24-26-28-30-32-33-34-35-36-37-38-39-40-41-42-43-45-47-49-51-53-55-57-59-61-63-65-67-69-75(79)76-73(72-83-84(80,81)82-71-70-77(3,4)5)74(78)68-66-64-62-60-58-56-54-52-50-48-46-44-31-29-27-25-23-21-19-17-15-13-11-9-7-2/h18,20,24,26,66,68,73-74,78H,6-17,19,21-23,25,27-65,67,69-72H2,1-5H3,(H-,76,79,80,81)/b20-18-,26-24-,68-66+. The Kier molecular flexibility index (Phi) is 65.1. The molecule has 0 fully saturated rings. The van der Waals surface area contributed by atoms with E-state index < -0.39 is 20.0 Å². The molecule has 0 saturated heterocycles. The van der Waals surface area contributed by atoms with Crippen LogP contribution in [0, 0.1) is 0 Å². The van der Waals surface area contributed by atoms with E-state index in [2.05, 4.69) is 43.5 Å². The largest absolute Gasteiger partial charge is 0.756 e. The smallest absolute Gasteiger partial charge is 0.268 e. The Hall–Kier alpha value is -1.28. The van der Waals surface area contributed by atoms with E-state index in [1.54, 1.807) is 6.08 Å². The predicted molar refractivity (Wildman–Crippen MR) is 367 cm³/mol. The molecule has 0 bridgehead atoms. The third-order valence-corrected chi connectivity index (χ3v) is 18.3. The molecule has 0 heterocycles. The number of carbonyl (C=O) groups excluding carboxylic acids is 1. The molecular formula is C75H147N2O6P. The number of phosphoric ester groups is 1. The van der Waals surface area contributed by atoms with Gasteiger partial charge in [-0.05, 0) is 51.4 Å². The number of amides is 1. The third kappa shape index (κ3) is 68.2. The number of quaternary nitrogens is 1. The Morgan fingerprint density at radius 1 is 0.417 bits per heavy atom. The maximum Gasteiger partial charge on any atom is 0.268 e. The number of rotatable bonds is 70. The van der Waals surface area contributed by atoms with Crippen molar-refractivity contribution >= 4 is 13.7 Å². The summed E-state index contributed by atoms with van der Waals surface area (Å²) in [5.74, 6) is -0.188. The third-order valence-electron chi connectivity index (χ3n) is 17.3. The van der Waals surface area contributed by atoms with E-state index in [-0.39, 0.29) is 19.1 Å². The molecule has 1 amide bonds. The van der Waals surface area contributed by atoms with Gasteiger partial charge in [0.1, 0.15) is 13.2 Å². The van der Waals surface area contributed by atoms with Gasteiger partial charge in [-0.1, -0.05) is 365 Å². The van der Waals surface area contributed by atoms with E-state index in [0.29, 0.717) is 17.4 Å². The lowest BCUT2D eigenvalue weighted by atomic mass is 10.0. The number of likely N-dealkylation sites (N-methyl/N-ethyl adjacent to an activating group) is 1. The Morgan fingerprint density at radius 2 is 0.690 bits per heavy atom. The van der Waals surface area contributed by atoms with Gasteiger partial charge in [0.15, 0.2) is 0 Å². The van der Waals surface area contributed by atoms with Gasteiger partial charge in [0.2, 0.25) is 5.91 Å². The SMILES string of the molecule is CCCCCCC/C=C\C/C=C\CCCCCCCCCCCCCCCCCCCCCCCCCCCC(=O)NC(COP(=O)([O-])OCC[N+](C)(C)C)C(O)/C=C/CCCCCCCCCCCCCCCCCCCCCCCCC. The molecule has 0 aromatic heterocycles. The van der Waals surface area contributed by atoms with Crippen LogP contribution in [-0.2, 0) is 18.4 Å². The highest BCUT2D eigenvalue weighted by Crippen LogP contribution is 2.38. The first-order chi connectivity index (χ1) is 41.0. The number of hydrogen-bond acceptors (Lipinski definition) is 6. The molecule has 0 saturated carbocycles. The molecule has 498 valence electrons. The van der Waals surface area contributed by atoms with Crippen molar-refractivity contribution in [3.63, 3.8) is 0 Å². The lowest BCUT2D eigenvalue weighted by Gasteiger charge is -2.29. The van der Waals surface area contributed by atoms with Crippen LogP contribution in [0.25, 0.3) is 0 Å². The normalized spacial score (nSPS) is 13.8. The van der Waals surface area contributed by atoms with Gasteiger partial charge in [0, 0.05) is 6.42 Å². The first-order valence-corrected chi connectivity index (χ1v) is 38.8. The summed E-state index contributed by atoms with van der Waals surface area (Å²) in [6, 6.07) is -0.886. The van der Waals surface area contributed by atoms with Gasteiger partial charge in [-0.2, -0.15) is 0 Å². The van der Waals surface area contributed by atoms with Crippen molar-refractivity contribution in [3.8, 4) is 0 Å². The van der Waals surface area contributed by atoms with E-state index in [4.69, 9.17) is 9.05 Å². The Labute approximate surface area is 525 Å². The molecule has 0 aliphatic heterocycles. The molecule has 0 spiro atoms. The Bertz CT molecular complexity index is 1460. The van der Waals surface area contributed by atoms with Crippen LogP contribution in [-0.4, -0.2) is 68.5 Å². The van der Waals surface area contributed by atoms with Crippen LogP contribution in [0.4, 0.5) is 0 Å². The summed E-state index contributed by atoms with van der Waals surface area (Å²) in [7, 11) is 1.28. The number of phosphoric acid groups is 1. The maximum atomic E-state index is 13.1. The van der Waals surface area contributed by atoms with Gasteiger partial charge in [-0.3, -0.25) is 9.36 Å². The van der Waals surface area contributed by atoms with Crippen molar-refractivity contribution in [2.45, 2.75) is 398 Å². The average molecular weight is 1200 g/mol. The predicted octanol–water partition coefficient (Wildman–Crippen LogP) is 23.4. The molecule has 0 aromatic carbocycles. The molecule has 84 heavy (non-hydrogen) atoms. The first-order valence-electron chi connectivity index (χ1n) is 37.4. The highest BCUT2D eigenvalue weighted by atomic mass is 31.2. The van der Waals surface area contributed by atoms with Crippen molar-refractivity contribution in [1.82, 2.24) is 5.32 Å². The molecule has 2 N–H and O–H groups in total. The molecule has 8 nitrogen and oxygen atoms in total. The van der Waals surface area contributed by atoms with E-state index in [9.17, 15) is 19.4 Å². The van der Waals surface area contributed by atoms with E-state index in [0.717, 1.165) is 44.9 Å². The number of allylic oxidation sites excluding steroid dienone is 5. The van der Waals surface area contributed by atoms with Crippen molar-refractivity contribution in [2.24, 2.45) is 0 Å². The first kappa shape index (κ1) is 82.7. The molecule has 0 rings (SSSR count). The molecular weight excluding hydrogens is 1060 g/mol. The van der Waals surface area contributed by atoms with Gasteiger partial charge in [0.05, 0.1) is 39.9 Å². The second kappa shape index (κ2) is 66.1. The van der Waals surface area contributed by atoms with Crippen molar-refractivity contribution < 1.29 is 32.9 Å². The number of nitrogens with zero attached hydrogens (tertiary/aromatic N) is 1. The Morgan fingerprint density at radius 3 is 0.988 bits per heavy atom. The molecule has 0 aliphatic carbocycles. The molecule has 0 radical (unpaired) electrons. The van der Waals surface area contributed by atoms with Crippen LogP contribution in [0.15, 0.2) is 36.5 Å². The van der Waals surface area contributed by atoms with Crippen LogP contribution in [0.3, 0.4) is 0 Å². The zero-order valence-corrected chi connectivity index (χ0v) is 58.0.